The van der Waals surface area contributed by atoms with Crippen molar-refractivity contribution in [3.63, 3.8) is 0 Å². The van der Waals surface area contributed by atoms with E-state index in [1.165, 1.54) is 17.9 Å². The van der Waals surface area contributed by atoms with Crippen LogP contribution in [0.3, 0.4) is 0 Å². The van der Waals surface area contributed by atoms with Gasteiger partial charge in [0.2, 0.25) is 5.91 Å². The molecule has 158 valence electrons. The number of carbonyl (C=O) groups excluding carboxylic acids is 1. The lowest BCUT2D eigenvalue weighted by Gasteiger charge is -2.08. The van der Waals surface area contributed by atoms with E-state index in [0.29, 0.717) is 11.5 Å². The molecule has 0 aliphatic heterocycles. The number of ether oxygens (including phenoxy) is 1. The zero-order valence-corrected chi connectivity index (χ0v) is 18.4. The van der Waals surface area contributed by atoms with Gasteiger partial charge in [-0.2, -0.15) is 0 Å². The molecule has 0 aliphatic carbocycles. The summed E-state index contributed by atoms with van der Waals surface area (Å²) < 4.78 is 10.8. The number of carbonyl (C=O) groups is 1. The van der Waals surface area contributed by atoms with E-state index in [2.05, 4.69) is 49.1 Å². The SMILES string of the molecule is CC.Cc1ccc(-c2ccc(OCCC(=O)NCc3cc(=O)c(S)co3)cc2)cc1. The minimum absolute atomic E-state index is 0.146. The summed E-state index contributed by atoms with van der Waals surface area (Å²) in [5, 5.41) is 2.69. The maximum Gasteiger partial charge on any atom is 0.223 e. The maximum absolute atomic E-state index is 11.9. The van der Waals surface area contributed by atoms with E-state index in [0.717, 1.165) is 11.1 Å². The van der Waals surface area contributed by atoms with Crippen LogP contribution in [0.2, 0.25) is 0 Å². The fraction of sp³-hybridized carbons (Fsp3) is 0.250. The van der Waals surface area contributed by atoms with Crippen LogP contribution in [0.4, 0.5) is 0 Å². The van der Waals surface area contributed by atoms with Crippen LogP contribution in [-0.4, -0.2) is 12.5 Å². The van der Waals surface area contributed by atoms with Crippen LogP contribution < -0.4 is 15.5 Å². The summed E-state index contributed by atoms with van der Waals surface area (Å²) in [6.07, 6.45) is 1.46. The van der Waals surface area contributed by atoms with Crippen molar-refractivity contribution in [1.82, 2.24) is 5.32 Å². The maximum atomic E-state index is 11.9. The number of hydrogen-bond donors (Lipinski definition) is 2. The molecule has 0 fully saturated rings. The first kappa shape index (κ1) is 23.3. The van der Waals surface area contributed by atoms with E-state index in [1.54, 1.807) is 0 Å². The first-order chi connectivity index (χ1) is 14.5. The third kappa shape index (κ3) is 7.12. The molecular formula is C24H27NO4S. The third-order valence-corrected chi connectivity index (χ3v) is 4.49. The molecule has 3 aromatic rings. The Kier molecular flexibility index (Phi) is 9.22. The highest BCUT2D eigenvalue weighted by Gasteiger charge is 2.05. The number of hydrogen-bond acceptors (Lipinski definition) is 5. The average molecular weight is 426 g/mol. The largest absolute Gasteiger partial charge is 0.493 e. The summed E-state index contributed by atoms with van der Waals surface area (Å²) >= 11 is 3.96. The van der Waals surface area contributed by atoms with Gasteiger partial charge < -0.3 is 14.5 Å². The van der Waals surface area contributed by atoms with Gasteiger partial charge in [-0.15, -0.1) is 12.6 Å². The van der Waals surface area contributed by atoms with E-state index in [-0.39, 0.29) is 35.8 Å². The summed E-state index contributed by atoms with van der Waals surface area (Å²) in [7, 11) is 0. The van der Waals surface area contributed by atoms with Crippen LogP contribution in [0.15, 0.2) is 75.0 Å². The Morgan fingerprint density at radius 3 is 2.23 bits per heavy atom. The van der Waals surface area contributed by atoms with Gasteiger partial charge in [-0.25, -0.2) is 0 Å². The zero-order valence-electron chi connectivity index (χ0n) is 17.5. The molecule has 30 heavy (non-hydrogen) atoms. The molecule has 1 heterocycles. The lowest BCUT2D eigenvalue weighted by Crippen LogP contribution is -2.24. The average Bonchev–Trinajstić information content (AvgIpc) is 2.77. The summed E-state index contributed by atoms with van der Waals surface area (Å²) in [5.41, 5.74) is 3.24. The fourth-order valence-corrected chi connectivity index (χ4v) is 2.68. The van der Waals surface area contributed by atoms with Crippen molar-refractivity contribution in [3.8, 4) is 16.9 Å². The highest BCUT2D eigenvalue weighted by Crippen LogP contribution is 2.22. The Hall–Kier alpha value is -2.99. The van der Waals surface area contributed by atoms with Crippen molar-refractivity contribution in [3.05, 3.63) is 82.4 Å². The second-order valence-corrected chi connectivity index (χ2v) is 6.84. The quantitative estimate of drug-likeness (QED) is 0.522. The van der Waals surface area contributed by atoms with Crippen LogP contribution in [0, 0.1) is 6.92 Å². The monoisotopic (exact) mass is 425 g/mol. The molecule has 0 bridgehead atoms. The molecule has 3 rings (SSSR count). The van der Waals surface area contributed by atoms with Gasteiger partial charge in [0.05, 0.1) is 24.5 Å². The van der Waals surface area contributed by atoms with Gasteiger partial charge in [-0.05, 0) is 30.2 Å². The standard InChI is InChI=1S/C22H21NO4S.C2H6/c1-15-2-4-16(5-3-15)17-6-8-18(9-7-17)26-11-10-22(25)23-13-19-12-20(24)21(28)14-27-19;1-2/h2-9,12,14,28H,10-11,13H2,1H3,(H,23,25);1-2H3. The fourth-order valence-electron chi connectivity index (χ4n) is 2.56. The predicted molar refractivity (Wildman–Crippen MR) is 122 cm³/mol. The zero-order chi connectivity index (χ0) is 21.9. The Balaban J connectivity index is 0.00000155. The Morgan fingerprint density at radius 2 is 1.63 bits per heavy atom. The first-order valence-corrected chi connectivity index (χ1v) is 10.3. The van der Waals surface area contributed by atoms with Gasteiger partial charge in [-0.3, -0.25) is 9.59 Å². The number of thiol groups is 1. The molecule has 0 spiro atoms. The summed E-state index contributed by atoms with van der Waals surface area (Å²) in [6.45, 7) is 6.47. The van der Waals surface area contributed by atoms with Gasteiger partial charge in [0.25, 0.3) is 0 Å². The first-order valence-electron chi connectivity index (χ1n) is 9.88. The minimum atomic E-state index is -0.240. The van der Waals surface area contributed by atoms with Crippen molar-refractivity contribution < 1.29 is 13.9 Å². The summed E-state index contributed by atoms with van der Waals surface area (Å²) in [5.74, 6) is 0.900. The number of rotatable bonds is 7. The smallest absolute Gasteiger partial charge is 0.223 e. The van der Waals surface area contributed by atoms with E-state index in [9.17, 15) is 9.59 Å². The predicted octanol–water partition coefficient (Wildman–Crippen LogP) is 5.02. The van der Waals surface area contributed by atoms with Crippen molar-refractivity contribution >= 4 is 18.5 Å². The van der Waals surface area contributed by atoms with Crippen LogP contribution in [-0.2, 0) is 11.3 Å². The van der Waals surface area contributed by atoms with Crippen molar-refractivity contribution in [2.24, 2.45) is 0 Å². The van der Waals surface area contributed by atoms with E-state index < -0.39 is 0 Å². The molecule has 1 amide bonds. The van der Waals surface area contributed by atoms with Gasteiger partial charge in [0.1, 0.15) is 17.8 Å². The van der Waals surface area contributed by atoms with Crippen LogP contribution in [0.1, 0.15) is 31.6 Å². The van der Waals surface area contributed by atoms with Gasteiger partial charge in [0, 0.05) is 6.07 Å². The molecule has 5 nitrogen and oxygen atoms in total. The van der Waals surface area contributed by atoms with Crippen LogP contribution in [0.25, 0.3) is 11.1 Å². The van der Waals surface area contributed by atoms with E-state index >= 15 is 0 Å². The normalized spacial score (nSPS) is 10.0. The molecule has 0 atom stereocenters. The molecule has 2 aromatic carbocycles. The highest BCUT2D eigenvalue weighted by molar-refractivity contribution is 7.80. The van der Waals surface area contributed by atoms with E-state index in [4.69, 9.17) is 9.15 Å². The second-order valence-electron chi connectivity index (χ2n) is 6.36. The Labute approximate surface area is 182 Å². The number of aryl methyl sites for hydroxylation is 1. The lowest BCUT2D eigenvalue weighted by atomic mass is 10.0. The molecule has 0 unspecified atom stereocenters. The molecule has 6 heteroatoms. The van der Waals surface area contributed by atoms with Crippen molar-refractivity contribution in [2.45, 2.75) is 38.6 Å². The molecule has 0 saturated heterocycles. The van der Waals surface area contributed by atoms with Crippen molar-refractivity contribution in [2.75, 3.05) is 6.61 Å². The van der Waals surface area contributed by atoms with Crippen LogP contribution >= 0.6 is 12.6 Å². The molecule has 1 N–H and O–H groups in total. The summed E-state index contributed by atoms with van der Waals surface area (Å²) in [4.78, 5) is 23.6. The second kappa shape index (κ2) is 11.9. The minimum Gasteiger partial charge on any atom is -0.493 e. The van der Waals surface area contributed by atoms with E-state index in [1.807, 2.05) is 38.1 Å². The third-order valence-electron chi connectivity index (χ3n) is 4.16. The van der Waals surface area contributed by atoms with Crippen LogP contribution in [0.5, 0.6) is 5.75 Å². The number of benzene rings is 2. The van der Waals surface area contributed by atoms with Crippen molar-refractivity contribution in [1.29, 1.82) is 0 Å². The highest BCUT2D eigenvalue weighted by atomic mass is 32.1. The Morgan fingerprint density at radius 1 is 1.03 bits per heavy atom. The van der Waals surface area contributed by atoms with Gasteiger partial charge >= 0.3 is 0 Å². The number of nitrogens with one attached hydrogen (secondary N) is 1. The summed E-state index contributed by atoms with van der Waals surface area (Å²) in [6, 6.07) is 17.4. The molecule has 1 aromatic heterocycles. The lowest BCUT2D eigenvalue weighted by molar-refractivity contribution is -0.121. The van der Waals surface area contributed by atoms with Gasteiger partial charge in [-0.1, -0.05) is 55.8 Å². The Bertz CT molecular complexity index is 995. The molecule has 0 aliphatic rings. The molecular weight excluding hydrogens is 398 g/mol. The number of amides is 1. The van der Waals surface area contributed by atoms with Gasteiger partial charge in [0.15, 0.2) is 5.43 Å². The molecule has 0 radical (unpaired) electrons. The topological polar surface area (TPSA) is 68.5 Å². The molecule has 0 saturated carbocycles.